The van der Waals surface area contributed by atoms with Gasteiger partial charge >= 0.3 is 0 Å². The lowest BCUT2D eigenvalue weighted by Crippen LogP contribution is -2.41. The molecule has 1 aromatic carbocycles. The molecule has 106 valence electrons. The smallest absolute Gasteiger partial charge is 0.123 e. The molecule has 0 aliphatic heterocycles. The predicted molar refractivity (Wildman–Crippen MR) is 78.7 cm³/mol. The monoisotopic (exact) mass is 263 g/mol. The zero-order valence-corrected chi connectivity index (χ0v) is 12.2. The van der Waals surface area contributed by atoms with E-state index in [2.05, 4.69) is 25.2 Å². The van der Waals surface area contributed by atoms with Crippen molar-refractivity contribution in [1.29, 1.82) is 0 Å². The molecule has 1 aromatic rings. The Balaban J connectivity index is 2.00. The number of halogens is 1. The standard InChI is InChI=1S/C17H26FN/c1-3-9-19-17-8-7-13(2)10-15(17)11-14-5-4-6-16(18)12-14/h4-6,12-13,15,17,19H,3,7-11H2,1-2H3. The van der Waals surface area contributed by atoms with Gasteiger partial charge in [0.25, 0.3) is 0 Å². The predicted octanol–water partition coefficient (Wildman–Crippen LogP) is 4.17. The Morgan fingerprint density at radius 1 is 1.32 bits per heavy atom. The second kappa shape index (κ2) is 7.04. The molecule has 2 rings (SSSR count). The summed E-state index contributed by atoms with van der Waals surface area (Å²) in [5.74, 6) is 1.34. The van der Waals surface area contributed by atoms with Crippen LogP contribution in [0.1, 0.15) is 45.1 Å². The van der Waals surface area contributed by atoms with Gasteiger partial charge in [-0.25, -0.2) is 4.39 Å². The minimum absolute atomic E-state index is 0.112. The van der Waals surface area contributed by atoms with Crippen LogP contribution in [0.25, 0.3) is 0 Å². The zero-order chi connectivity index (χ0) is 13.7. The molecule has 3 unspecified atom stereocenters. The van der Waals surface area contributed by atoms with Crippen molar-refractivity contribution in [3.63, 3.8) is 0 Å². The molecule has 1 aliphatic rings. The summed E-state index contributed by atoms with van der Waals surface area (Å²) in [6.45, 7) is 5.65. The van der Waals surface area contributed by atoms with Crippen molar-refractivity contribution < 1.29 is 4.39 Å². The minimum atomic E-state index is -0.112. The van der Waals surface area contributed by atoms with Crippen LogP contribution in [0.5, 0.6) is 0 Å². The van der Waals surface area contributed by atoms with Gasteiger partial charge < -0.3 is 5.32 Å². The van der Waals surface area contributed by atoms with Crippen molar-refractivity contribution in [2.75, 3.05) is 6.54 Å². The third-order valence-corrected chi connectivity index (χ3v) is 4.29. The van der Waals surface area contributed by atoms with Gasteiger partial charge in [-0.05, 0) is 68.2 Å². The molecule has 0 heterocycles. The van der Waals surface area contributed by atoms with E-state index in [0.29, 0.717) is 12.0 Å². The first-order valence-corrected chi connectivity index (χ1v) is 7.67. The summed E-state index contributed by atoms with van der Waals surface area (Å²) >= 11 is 0. The number of hydrogen-bond acceptors (Lipinski definition) is 1. The van der Waals surface area contributed by atoms with Gasteiger partial charge in [-0.2, -0.15) is 0 Å². The Hall–Kier alpha value is -0.890. The molecule has 0 aromatic heterocycles. The van der Waals surface area contributed by atoms with Crippen molar-refractivity contribution in [3.05, 3.63) is 35.6 Å². The lowest BCUT2D eigenvalue weighted by Gasteiger charge is -2.35. The fourth-order valence-electron chi connectivity index (χ4n) is 3.29. The second-order valence-electron chi connectivity index (χ2n) is 6.07. The fourth-order valence-corrected chi connectivity index (χ4v) is 3.29. The average molecular weight is 263 g/mol. The molecule has 0 spiro atoms. The number of benzene rings is 1. The largest absolute Gasteiger partial charge is 0.314 e. The molecular weight excluding hydrogens is 237 g/mol. The molecule has 1 N–H and O–H groups in total. The van der Waals surface area contributed by atoms with Crippen molar-refractivity contribution in [2.24, 2.45) is 11.8 Å². The molecule has 0 amide bonds. The van der Waals surface area contributed by atoms with Gasteiger partial charge in [0.1, 0.15) is 5.82 Å². The van der Waals surface area contributed by atoms with Gasteiger partial charge in [-0.15, -0.1) is 0 Å². The highest BCUT2D eigenvalue weighted by atomic mass is 19.1. The summed E-state index contributed by atoms with van der Waals surface area (Å²) in [5.41, 5.74) is 1.14. The highest BCUT2D eigenvalue weighted by Gasteiger charge is 2.28. The molecule has 3 atom stereocenters. The summed E-state index contributed by atoms with van der Waals surface area (Å²) in [6, 6.07) is 7.71. The van der Waals surface area contributed by atoms with Crippen molar-refractivity contribution in [3.8, 4) is 0 Å². The van der Waals surface area contributed by atoms with Gasteiger partial charge in [-0.1, -0.05) is 26.0 Å². The molecule has 0 bridgehead atoms. The van der Waals surface area contributed by atoms with E-state index in [1.54, 1.807) is 6.07 Å². The molecule has 2 heteroatoms. The van der Waals surface area contributed by atoms with Gasteiger partial charge in [0.2, 0.25) is 0 Å². The number of rotatable bonds is 5. The topological polar surface area (TPSA) is 12.0 Å². The van der Waals surface area contributed by atoms with Crippen LogP contribution in [0.2, 0.25) is 0 Å². The summed E-state index contributed by atoms with van der Waals surface area (Å²) in [5, 5.41) is 3.68. The normalized spacial score (nSPS) is 27.4. The van der Waals surface area contributed by atoms with E-state index in [-0.39, 0.29) is 5.82 Å². The summed E-state index contributed by atoms with van der Waals surface area (Å²) in [6.07, 6.45) is 6.03. The van der Waals surface area contributed by atoms with Crippen LogP contribution in [0.4, 0.5) is 4.39 Å². The maximum Gasteiger partial charge on any atom is 0.123 e. The molecular formula is C17H26FN. The van der Waals surface area contributed by atoms with E-state index >= 15 is 0 Å². The van der Waals surface area contributed by atoms with Crippen LogP contribution >= 0.6 is 0 Å². The van der Waals surface area contributed by atoms with E-state index < -0.39 is 0 Å². The first-order valence-electron chi connectivity index (χ1n) is 7.67. The maximum absolute atomic E-state index is 13.3. The third kappa shape index (κ3) is 4.31. The molecule has 0 saturated heterocycles. The first kappa shape index (κ1) is 14.5. The average Bonchev–Trinajstić information content (AvgIpc) is 2.38. The van der Waals surface area contributed by atoms with Gasteiger partial charge in [0, 0.05) is 6.04 Å². The van der Waals surface area contributed by atoms with Gasteiger partial charge in [0.15, 0.2) is 0 Å². The maximum atomic E-state index is 13.3. The lowest BCUT2D eigenvalue weighted by atomic mass is 9.76. The number of nitrogens with one attached hydrogen (secondary N) is 1. The van der Waals surface area contributed by atoms with Gasteiger partial charge in [0.05, 0.1) is 0 Å². The van der Waals surface area contributed by atoms with E-state index in [4.69, 9.17) is 0 Å². The van der Waals surface area contributed by atoms with Crippen LogP contribution in [0, 0.1) is 17.7 Å². The van der Waals surface area contributed by atoms with Crippen LogP contribution < -0.4 is 5.32 Å². The molecule has 1 nitrogen and oxygen atoms in total. The molecule has 19 heavy (non-hydrogen) atoms. The highest BCUT2D eigenvalue weighted by molar-refractivity contribution is 5.17. The van der Waals surface area contributed by atoms with E-state index in [9.17, 15) is 4.39 Å². The van der Waals surface area contributed by atoms with Crippen molar-refractivity contribution >= 4 is 0 Å². The van der Waals surface area contributed by atoms with Crippen LogP contribution in [-0.4, -0.2) is 12.6 Å². The Kier molecular flexibility index (Phi) is 5.38. The van der Waals surface area contributed by atoms with E-state index in [0.717, 1.165) is 24.4 Å². The van der Waals surface area contributed by atoms with Crippen molar-refractivity contribution in [2.45, 2.75) is 52.0 Å². The van der Waals surface area contributed by atoms with Crippen LogP contribution in [-0.2, 0) is 6.42 Å². The Morgan fingerprint density at radius 2 is 2.16 bits per heavy atom. The minimum Gasteiger partial charge on any atom is -0.314 e. The van der Waals surface area contributed by atoms with Gasteiger partial charge in [-0.3, -0.25) is 0 Å². The first-order chi connectivity index (χ1) is 9.19. The second-order valence-corrected chi connectivity index (χ2v) is 6.07. The summed E-state index contributed by atoms with van der Waals surface area (Å²) in [7, 11) is 0. The molecule has 0 radical (unpaired) electrons. The van der Waals surface area contributed by atoms with E-state index in [1.807, 2.05) is 6.07 Å². The zero-order valence-electron chi connectivity index (χ0n) is 12.2. The quantitative estimate of drug-likeness (QED) is 0.840. The highest BCUT2D eigenvalue weighted by Crippen LogP contribution is 2.31. The SMILES string of the molecule is CCCNC1CCC(C)CC1Cc1cccc(F)c1. The Bertz CT molecular complexity index is 389. The van der Waals surface area contributed by atoms with Crippen LogP contribution in [0.15, 0.2) is 24.3 Å². The van der Waals surface area contributed by atoms with Crippen molar-refractivity contribution in [1.82, 2.24) is 5.32 Å². The lowest BCUT2D eigenvalue weighted by molar-refractivity contribution is 0.212. The molecule has 1 saturated carbocycles. The third-order valence-electron chi connectivity index (χ3n) is 4.29. The molecule has 1 fully saturated rings. The van der Waals surface area contributed by atoms with E-state index in [1.165, 1.54) is 31.7 Å². The fraction of sp³-hybridized carbons (Fsp3) is 0.647. The summed E-state index contributed by atoms with van der Waals surface area (Å²) < 4.78 is 13.3. The Labute approximate surface area is 116 Å². The molecule has 1 aliphatic carbocycles. The summed E-state index contributed by atoms with van der Waals surface area (Å²) in [4.78, 5) is 0. The Morgan fingerprint density at radius 3 is 2.89 bits per heavy atom. The van der Waals surface area contributed by atoms with Crippen LogP contribution in [0.3, 0.4) is 0 Å². The number of hydrogen-bond donors (Lipinski definition) is 1.